The topological polar surface area (TPSA) is 46.6 Å². The molecule has 0 spiro atoms. The summed E-state index contributed by atoms with van der Waals surface area (Å²) in [6.07, 6.45) is 4.29. The minimum Gasteiger partial charge on any atom is -0.492 e. The number of fused-ring (bicyclic) bond motifs is 3. The zero-order chi connectivity index (χ0) is 19.0. The van der Waals surface area contributed by atoms with Gasteiger partial charge in [0.2, 0.25) is 0 Å². The van der Waals surface area contributed by atoms with E-state index in [1.54, 1.807) is 0 Å². The third kappa shape index (κ3) is 3.54. The summed E-state index contributed by atoms with van der Waals surface area (Å²) in [4.78, 5) is 26.2. The zero-order valence-corrected chi connectivity index (χ0v) is 16.0. The minimum absolute atomic E-state index is 0.0750. The summed E-state index contributed by atoms with van der Waals surface area (Å²) in [6, 6.07) is 10.5. The normalized spacial score (nSPS) is 19.5. The van der Waals surface area contributed by atoms with E-state index in [1.807, 2.05) is 20.2 Å². The van der Waals surface area contributed by atoms with Crippen molar-refractivity contribution in [1.29, 1.82) is 0 Å². The highest BCUT2D eigenvalue weighted by Crippen LogP contribution is 2.42. The molecule has 27 heavy (non-hydrogen) atoms. The smallest absolute Gasteiger partial charge is 0.147 e. The van der Waals surface area contributed by atoms with Gasteiger partial charge in [-0.05, 0) is 66.5 Å². The minimum atomic E-state index is -0.134. The van der Waals surface area contributed by atoms with Gasteiger partial charge in [0.1, 0.15) is 23.9 Å². The van der Waals surface area contributed by atoms with Crippen molar-refractivity contribution in [2.75, 3.05) is 27.2 Å². The van der Waals surface area contributed by atoms with Crippen LogP contribution in [0.4, 0.5) is 0 Å². The van der Waals surface area contributed by atoms with Crippen molar-refractivity contribution < 1.29 is 14.3 Å². The van der Waals surface area contributed by atoms with Crippen molar-refractivity contribution in [2.24, 2.45) is 5.92 Å². The SMILES string of the molecule is CN(C)CCOc1ccc2c3c(ccc2c1)CC=C3[C@H]1CCC(=O)CC1=O. The van der Waals surface area contributed by atoms with E-state index in [0.717, 1.165) is 29.7 Å². The molecule has 0 aromatic heterocycles. The summed E-state index contributed by atoms with van der Waals surface area (Å²) < 4.78 is 5.87. The Labute approximate surface area is 159 Å². The molecule has 4 rings (SSSR count). The van der Waals surface area contributed by atoms with Crippen LogP contribution in [0.5, 0.6) is 5.75 Å². The first-order valence-corrected chi connectivity index (χ1v) is 9.61. The maximum atomic E-state index is 12.5. The number of hydrogen-bond donors (Lipinski definition) is 0. The molecule has 4 nitrogen and oxygen atoms in total. The molecule has 2 aromatic rings. The van der Waals surface area contributed by atoms with Gasteiger partial charge in [0, 0.05) is 18.9 Å². The molecule has 0 N–H and O–H groups in total. The molecule has 0 unspecified atom stereocenters. The fourth-order valence-electron chi connectivity index (χ4n) is 4.14. The molecule has 0 radical (unpaired) electrons. The summed E-state index contributed by atoms with van der Waals surface area (Å²) in [6.45, 7) is 1.52. The maximum absolute atomic E-state index is 12.5. The number of rotatable bonds is 5. The second-order valence-corrected chi connectivity index (χ2v) is 7.77. The molecule has 0 amide bonds. The van der Waals surface area contributed by atoms with Gasteiger partial charge in [0.05, 0.1) is 6.42 Å². The average molecular weight is 363 g/mol. The fourth-order valence-corrected chi connectivity index (χ4v) is 4.14. The Balaban J connectivity index is 1.64. The zero-order valence-electron chi connectivity index (χ0n) is 16.0. The Morgan fingerprint density at radius 3 is 2.78 bits per heavy atom. The average Bonchev–Trinajstić information content (AvgIpc) is 3.05. The van der Waals surface area contributed by atoms with E-state index in [0.29, 0.717) is 19.4 Å². The summed E-state index contributed by atoms with van der Waals surface area (Å²) in [5.41, 5.74) is 3.58. The summed E-state index contributed by atoms with van der Waals surface area (Å²) >= 11 is 0. The molecule has 1 atom stereocenters. The van der Waals surface area contributed by atoms with Gasteiger partial charge in [0.15, 0.2) is 0 Å². The van der Waals surface area contributed by atoms with Crippen molar-refractivity contribution in [2.45, 2.75) is 25.7 Å². The second kappa shape index (κ2) is 7.28. The standard InChI is InChI=1S/C23H25NO3/c1-24(2)11-12-27-18-7-10-19-16(13-18)4-3-15-5-8-21(23(15)19)20-9-6-17(25)14-22(20)26/h3-4,7-8,10,13,20H,5-6,9,11-12,14H2,1-2H3/t20-/m1/s1. The van der Waals surface area contributed by atoms with E-state index in [4.69, 9.17) is 4.74 Å². The quantitative estimate of drug-likeness (QED) is 0.761. The Morgan fingerprint density at radius 1 is 1.15 bits per heavy atom. The van der Waals surface area contributed by atoms with E-state index in [2.05, 4.69) is 35.2 Å². The number of likely N-dealkylation sites (N-methyl/N-ethyl adjacent to an activating group) is 1. The Hall–Kier alpha value is -2.46. The largest absolute Gasteiger partial charge is 0.492 e. The first kappa shape index (κ1) is 17.9. The predicted molar refractivity (Wildman–Crippen MR) is 107 cm³/mol. The highest BCUT2D eigenvalue weighted by atomic mass is 16.5. The van der Waals surface area contributed by atoms with Crippen molar-refractivity contribution in [3.8, 4) is 5.75 Å². The number of allylic oxidation sites excluding steroid dienone is 2. The molecular weight excluding hydrogens is 338 g/mol. The molecule has 1 fully saturated rings. The van der Waals surface area contributed by atoms with Crippen molar-refractivity contribution >= 4 is 27.9 Å². The molecule has 0 aliphatic heterocycles. The third-order valence-electron chi connectivity index (χ3n) is 5.56. The molecule has 4 heteroatoms. The van der Waals surface area contributed by atoms with Crippen LogP contribution in [-0.2, 0) is 16.0 Å². The van der Waals surface area contributed by atoms with Crippen LogP contribution < -0.4 is 4.74 Å². The van der Waals surface area contributed by atoms with E-state index in [1.165, 1.54) is 16.5 Å². The number of benzene rings is 2. The van der Waals surface area contributed by atoms with Crippen molar-refractivity contribution in [3.05, 3.63) is 47.5 Å². The van der Waals surface area contributed by atoms with Gasteiger partial charge < -0.3 is 9.64 Å². The Bertz CT molecular complexity index is 942. The lowest BCUT2D eigenvalue weighted by Gasteiger charge is -2.23. The molecule has 140 valence electrons. The highest BCUT2D eigenvalue weighted by molar-refractivity contribution is 6.10. The van der Waals surface area contributed by atoms with Crippen LogP contribution in [0.3, 0.4) is 0 Å². The number of hydrogen-bond acceptors (Lipinski definition) is 4. The van der Waals surface area contributed by atoms with Gasteiger partial charge in [-0.25, -0.2) is 0 Å². The summed E-state index contributed by atoms with van der Waals surface area (Å²) in [7, 11) is 4.06. The lowest BCUT2D eigenvalue weighted by Crippen LogP contribution is -2.25. The molecule has 0 saturated heterocycles. The fraction of sp³-hybridized carbons (Fsp3) is 0.391. The predicted octanol–water partition coefficient (Wildman–Crippen LogP) is 3.66. The molecule has 0 heterocycles. The number of ether oxygens (including phenoxy) is 1. The Kier molecular flexibility index (Phi) is 4.83. The van der Waals surface area contributed by atoms with E-state index in [-0.39, 0.29) is 23.9 Å². The van der Waals surface area contributed by atoms with Crippen molar-refractivity contribution in [3.63, 3.8) is 0 Å². The first-order valence-electron chi connectivity index (χ1n) is 9.61. The lowest BCUT2D eigenvalue weighted by atomic mass is 9.79. The highest BCUT2D eigenvalue weighted by Gasteiger charge is 2.33. The molecule has 2 aliphatic carbocycles. The Morgan fingerprint density at radius 2 is 2.00 bits per heavy atom. The summed E-state index contributed by atoms with van der Waals surface area (Å²) in [5, 5.41) is 2.30. The molecule has 0 bridgehead atoms. The number of ketones is 2. The number of carbonyl (C=O) groups is 2. The maximum Gasteiger partial charge on any atom is 0.147 e. The molecular formula is C23H25NO3. The van der Waals surface area contributed by atoms with Crippen LogP contribution in [0.25, 0.3) is 16.3 Å². The van der Waals surface area contributed by atoms with Gasteiger partial charge in [0.25, 0.3) is 0 Å². The van der Waals surface area contributed by atoms with Gasteiger partial charge in [-0.15, -0.1) is 0 Å². The third-order valence-corrected chi connectivity index (χ3v) is 5.56. The van der Waals surface area contributed by atoms with E-state index >= 15 is 0 Å². The van der Waals surface area contributed by atoms with Crippen LogP contribution >= 0.6 is 0 Å². The first-order chi connectivity index (χ1) is 13.0. The second-order valence-electron chi connectivity index (χ2n) is 7.77. The van der Waals surface area contributed by atoms with Crippen molar-refractivity contribution in [1.82, 2.24) is 4.90 Å². The van der Waals surface area contributed by atoms with Gasteiger partial charge in [-0.1, -0.05) is 24.3 Å². The monoisotopic (exact) mass is 363 g/mol. The van der Waals surface area contributed by atoms with Gasteiger partial charge in [-0.2, -0.15) is 0 Å². The van der Waals surface area contributed by atoms with Gasteiger partial charge in [-0.3, -0.25) is 9.59 Å². The van der Waals surface area contributed by atoms with E-state index < -0.39 is 0 Å². The number of nitrogens with zero attached hydrogens (tertiary/aromatic N) is 1. The van der Waals surface area contributed by atoms with Gasteiger partial charge >= 0.3 is 0 Å². The van der Waals surface area contributed by atoms with Crippen LogP contribution in [-0.4, -0.2) is 43.7 Å². The number of carbonyl (C=O) groups excluding carboxylic acids is 2. The molecule has 2 aliphatic rings. The molecule has 1 saturated carbocycles. The van der Waals surface area contributed by atoms with E-state index in [9.17, 15) is 9.59 Å². The summed E-state index contributed by atoms with van der Waals surface area (Å²) in [5.74, 6) is 0.885. The van der Waals surface area contributed by atoms with Crippen LogP contribution in [0.15, 0.2) is 36.4 Å². The number of Topliss-reactive ketones (excluding diaryl/α,β-unsaturated/α-hetero) is 2. The van der Waals surface area contributed by atoms with Crippen LogP contribution in [0.1, 0.15) is 30.4 Å². The molecule has 2 aromatic carbocycles. The van der Waals surface area contributed by atoms with Crippen LogP contribution in [0.2, 0.25) is 0 Å². The van der Waals surface area contributed by atoms with Crippen LogP contribution in [0, 0.1) is 5.92 Å². The lowest BCUT2D eigenvalue weighted by molar-refractivity contribution is -0.131.